The molecule has 6 nitrogen and oxygen atoms in total. The molecule has 0 N–H and O–H groups in total. The summed E-state index contributed by atoms with van der Waals surface area (Å²) in [5.74, 6) is 0.771. The van der Waals surface area contributed by atoms with E-state index in [4.69, 9.17) is 9.57 Å². The molecule has 0 radical (unpaired) electrons. The van der Waals surface area contributed by atoms with Crippen molar-refractivity contribution in [2.75, 3.05) is 0 Å². The zero-order valence-corrected chi connectivity index (χ0v) is 17.0. The van der Waals surface area contributed by atoms with Gasteiger partial charge in [0, 0.05) is 15.7 Å². The van der Waals surface area contributed by atoms with E-state index >= 15 is 0 Å². The van der Waals surface area contributed by atoms with Crippen LogP contribution in [0.25, 0.3) is 0 Å². The van der Waals surface area contributed by atoms with Crippen molar-refractivity contribution < 1.29 is 14.5 Å². The van der Waals surface area contributed by atoms with Crippen LogP contribution in [-0.2, 0) is 18.1 Å². The Morgan fingerprint density at radius 2 is 1.71 bits per heavy atom. The van der Waals surface area contributed by atoms with Crippen molar-refractivity contribution in [1.29, 1.82) is 0 Å². The highest BCUT2D eigenvalue weighted by molar-refractivity contribution is 14.1. The van der Waals surface area contributed by atoms with Crippen molar-refractivity contribution in [3.8, 4) is 5.75 Å². The van der Waals surface area contributed by atoms with E-state index in [1.165, 1.54) is 15.7 Å². The van der Waals surface area contributed by atoms with Crippen LogP contribution in [0.4, 0.5) is 5.69 Å². The molecular weight excluding hydrogens is 471 g/mol. The van der Waals surface area contributed by atoms with Crippen LogP contribution in [0.2, 0.25) is 0 Å². The van der Waals surface area contributed by atoms with E-state index in [0.717, 1.165) is 16.9 Å². The lowest BCUT2D eigenvalue weighted by molar-refractivity contribution is -0.384. The molecule has 3 aromatic rings. The number of nitro benzene ring substituents is 1. The van der Waals surface area contributed by atoms with Crippen LogP contribution < -0.4 is 4.74 Å². The minimum Gasteiger partial charge on any atom is -0.489 e. The Bertz CT molecular complexity index is 957. The van der Waals surface area contributed by atoms with Crippen molar-refractivity contribution in [1.82, 2.24) is 0 Å². The highest BCUT2D eigenvalue weighted by Crippen LogP contribution is 2.15. The standard InChI is InChI=1S/C21H17IN2O4/c22-19-8-4-17(5-9-19)14-27-21-10-6-16(7-11-21)13-23-28-15-18-2-1-3-20(12-18)24(25)26/h1-13H,14-15H2/b23-13-. The fourth-order valence-corrected chi connectivity index (χ4v) is 2.73. The summed E-state index contributed by atoms with van der Waals surface area (Å²) >= 11 is 2.27. The molecule has 28 heavy (non-hydrogen) atoms. The van der Waals surface area contributed by atoms with Crippen molar-refractivity contribution in [2.24, 2.45) is 5.16 Å². The van der Waals surface area contributed by atoms with Crippen LogP contribution in [0.15, 0.2) is 78.0 Å². The van der Waals surface area contributed by atoms with Gasteiger partial charge in [-0.05, 0) is 75.7 Å². The van der Waals surface area contributed by atoms with Gasteiger partial charge in [0.25, 0.3) is 5.69 Å². The van der Waals surface area contributed by atoms with E-state index in [-0.39, 0.29) is 12.3 Å². The predicted octanol–water partition coefficient (Wildman–Crippen LogP) is 5.33. The van der Waals surface area contributed by atoms with Crippen LogP contribution in [0.3, 0.4) is 0 Å². The van der Waals surface area contributed by atoms with E-state index in [2.05, 4.69) is 27.7 Å². The number of oxime groups is 1. The van der Waals surface area contributed by atoms with Crippen LogP contribution in [0, 0.1) is 13.7 Å². The minimum absolute atomic E-state index is 0.0332. The second kappa shape index (κ2) is 9.84. The lowest BCUT2D eigenvalue weighted by Crippen LogP contribution is -1.95. The molecule has 0 heterocycles. The van der Waals surface area contributed by atoms with Gasteiger partial charge in [-0.1, -0.05) is 29.4 Å². The molecule has 0 bridgehead atoms. The van der Waals surface area contributed by atoms with Gasteiger partial charge < -0.3 is 9.57 Å². The fourth-order valence-electron chi connectivity index (χ4n) is 2.37. The molecule has 0 aliphatic carbocycles. The topological polar surface area (TPSA) is 74.0 Å². The summed E-state index contributed by atoms with van der Waals surface area (Å²) in [7, 11) is 0. The normalized spacial score (nSPS) is 10.8. The molecule has 0 saturated heterocycles. The minimum atomic E-state index is -0.436. The van der Waals surface area contributed by atoms with E-state index in [0.29, 0.717) is 12.2 Å². The quantitative estimate of drug-likeness (QED) is 0.186. The summed E-state index contributed by atoms with van der Waals surface area (Å²) in [5.41, 5.74) is 2.69. The third-order valence-electron chi connectivity index (χ3n) is 3.83. The first kappa shape index (κ1) is 19.8. The van der Waals surface area contributed by atoms with Gasteiger partial charge in [-0.3, -0.25) is 10.1 Å². The van der Waals surface area contributed by atoms with Crippen molar-refractivity contribution in [3.63, 3.8) is 0 Å². The van der Waals surface area contributed by atoms with Gasteiger partial charge in [0.05, 0.1) is 11.1 Å². The molecule has 0 amide bonds. The van der Waals surface area contributed by atoms with Gasteiger partial charge in [-0.15, -0.1) is 0 Å². The Morgan fingerprint density at radius 3 is 2.43 bits per heavy atom. The molecule has 0 fully saturated rings. The lowest BCUT2D eigenvalue weighted by atomic mass is 10.2. The lowest BCUT2D eigenvalue weighted by Gasteiger charge is -2.06. The zero-order chi connectivity index (χ0) is 19.8. The Morgan fingerprint density at radius 1 is 0.964 bits per heavy atom. The third kappa shape index (κ3) is 6.05. The molecule has 3 rings (SSSR count). The first-order valence-corrected chi connectivity index (χ1v) is 9.54. The van der Waals surface area contributed by atoms with Gasteiger partial charge in [0.2, 0.25) is 0 Å². The Labute approximate surface area is 176 Å². The van der Waals surface area contributed by atoms with Crippen LogP contribution in [-0.4, -0.2) is 11.1 Å². The molecule has 0 unspecified atom stereocenters. The number of halogens is 1. The summed E-state index contributed by atoms with van der Waals surface area (Å²) in [6, 6.07) is 22.0. The van der Waals surface area contributed by atoms with Crippen molar-refractivity contribution in [2.45, 2.75) is 13.2 Å². The number of hydrogen-bond acceptors (Lipinski definition) is 5. The van der Waals surface area contributed by atoms with Crippen LogP contribution in [0.1, 0.15) is 16.7 Å². The first-order chi connectivity index (χ1) is 13.6. The van der Waals surface area contributed by atoms with Gasteiger partial charge in [0.1, 0.15) is 19.0 Å². The summed E-state index contributed by atoms with van der Waals surface area (Å²) < 4.78 is 6.96. The molecule has 0 atom stereocenters. The third-order valence-corrected chi connectivity index (χ3v) is 4.55. The van der Waals surface area contributed by atoms with Gasteiger partial charge in [-0.25, -0.2) is 0 Å². The molecule has 142 valence electrons. The van der Waals surface area contributed by atoms with Crippen molar-refractivity contribution >= 4 is 34.5 Å². The molecule has 7 heteroatoms. The molecule has 0 saturated carbocycles. The monoisotopic (exact) mass is 488 g/mol. The summed E-state index contributed by atoms with van der Waals surface area (Å²) in [4.78, 5) is 15.5. The van der Waals surface area contributed by atoms with E-state index < -0.39 is 4.92 Å². The first-order valence-electron chi connectivity index (χ1n) is 8.46. The fraction of sp³-hybridized carbons (Fsp3) is 0.0952. The van der Waals surface area contributed by atoms with E-state index in [1.54, 1.807) is 18.3 Å². The summed E-state index contributed by atoms with van der Waals surface area (Å²) in [6.45, 7) is 0.673. The number of nitro groups is 1. The largest absolute Gasteiger partial charge is 0.489 e. The average Bonchev–Trinajstić information content (AvgIpc) is 2.72. The Balaban J connectivity index is 1.47. The Kier molecular flexibility index (Phi) is 6.96. The second-order valence-corrected chi connectivity index (χ2v) is 7.16. The highest BCUT2D eigenvalue weighted by Gasteiger charge is 2.05. The van der Waals surface area contributed by atoms with E-state index in [9.17, 15) is 10.1 Å². The number of ether oxygens (including phenoxy) is 1. The smallest absolute Gasteiger partial charge is 0.269 e. The number of hydrogen-bond donors (Lipinski definition) is 0. The average molecular weight is 488 g/mol. The molecule has 0 aliphatic rings. The molecule has 0 aromatic heterocycles. The number of non-ortho nitro benzene ring substituents is 1. The number of rotatable bonds is 8. The maximum atomic E-state index is 10.8. The molecule has 3 aromatic carbocycles. The van der Waals surface area contributed by atoms with E-state index in [1.807, 2.05) is 48.5 Å². The van der Waals surface area contributed by atoms with Crippen LogP contribution in [0.5, 0.6) is 5.75 Å². The SMILES string of the molecule is O=[N+]([O-])c1cccc(CO/N=C\c2ccc(OCc3ccc(I)cc3)cc2)c1. The molecule has 0 aliphatic heterocycles. The second-order valence-electron chi connectivity index (χ2n) is 5.92. The summed E-state index contributed by atoms with van der Waals surface area (Å²) in [6.07, 6.45) is 1.58. The van der Waals surface area contributed by atoms with Gasteiger partial charge >= 0.3 is 0 Å². The number of nitrogens with zero attached hydrogens (tertiary/aromatic N) is 2. The van der Waals surface area contributed by atoms with Gasteiger partial charge in [0.15, 0.2) is 0 Å². The predicted molar refractivity (Wildman–Crippen MR) is 115 cm³/mol. The maximum Gasteiger partial charge on any atom is 0.269 e. The molecular formula is C21H17IN2O4. The highest BCUT2D eigenvalue weighted by atomic mass is 127. The van der Waals surface area contributed by atoms with Crippen LogP contribution >= 0.6 is 22.6 Å². The summed E-state index contributed by atoms with van der Waals surface area (Å²) in [5, 5.41) is 14.7. The molecule has 0 spiro atoms. The Hall–Kier alpha value is -2.94. The zero-order valence-electron chi connectivity index (χ0n) is 14.8. The van der Waals surface area contributed by atoms with Crippen molar-refractivity contribution in [3.05, 3.63) is 103 Å². The number of benzene rings is 3. The van der Waals surface area contributed by atoms with Gasteiger partial charge in [-0.2, -0.15) is 0 Å². The maximum absolute atomic E-state index is 10.8.